The van der Waals surface area contributed by atoms with E-state index in [9.17, 15) is 40.7 Å². The molecular weight excluding hydrogens is 847 g/mol. The maximum atomic E-state index is 13.4. The molecule has 0 aromatic carbocycles. The molecule has 6 aromatic rings. The summed E-state index contributed by atoms with van der Waals surface area (Å²) in [6.07, 6.45) is -1.01. The lowest BCUT2D eigenvalue weighted by Gasteiger charge is -2.31. The van der Waals surface area contributed by atoms with E-state index in [-0.39, 0.29) is 50.4 Å². The van der Waals surface area contributed by atoms with Crippen molar-refractivity contribution >= 4 is 64.0 Å². The van der Waals surface area contributed by atoms with Crippen LogP contribution in [-0.2, 0) is 16.1 Å². The van der Waals surface area contributed by atoms with E-state index in [4.69, 9.17) is 0 Å². The van der Waals surface area contributed by atoms with Gasteiger partial charge in [0.05, 0.1) is 37.9 Å². The third kappa shape index (κ3) is 10.4. The second-order valence-electron chi connectivity index (χ2n) is 15.3. The van der Waals surface area contributed by atoms with Gasteiger partial charge in [-0.05, 0) is 61.4 Å². The number of halogens is 6. The van der Waals surface area contributed by atoms with Crippen molar-refractivity contribution in [2.24, 2.45) is 11.8 Å². The molecular formula is C40H40F6N10O3S2. The second kappa shape index (κ2) is 17.6. The highest BCUT2D eigenvalue weighted by molar-refractivity contribution is 7.17. The van der Waals surface area contributed by atoms with Crippen LogP contribution in [0, 0.1) is 11.8 Å². The molecule has 13 nitrogen and oxygen atoms in total. The Labute approximate surface area is 352 Å². The van der Waals surface area contributed by atoms with Gasteiger partial charge in [-0.15, -0.1) is 32.9 Å². The molecule has 4 fully saturated rings. The summed E-state index contributed by atoms with van der Waals surface area (Å²) in [4.78, 5) is 48.7. The van der Waals surface area contributed by atoms with E-state index in [0.717, 1.165) is 32.3 Å². The SMILES string of the molecule is FC1(F)CCNCC1.O=C(Nc1nc2cccc(-c3ccc(CN4CCC(F)(F)CC4)s3)n2n1)[C@H]1C[C@@H]1F.O=Cc1ccc(-c2cccc3nc(NC(=O)[C@H]4C[C@@H]4F)nn23)s1. The highest BCUT2D eigenvalue weighted by Crippen LogP contribution is 2.36. The van der Waals surface area contributed by atoms with Crippen LogP contribution < -0.4 is 16.0 Å². The highest BCUT2D eigenvalue weighted by atomic mass is 32.1. The van der Waals surface area contributed by atoms with Crippen molar-refractivity contribution < 1.29 is 40.7 Å². The van der Waals surface area contributed by atoms with E-state index in [0.29, 0.717) is 48.9 Å². The van der Waals surface area contributed by atoms with E-state index in [1.807, 2.05) is 47.4 Å². The predicted octanol–water partition coefficient (Wildman–Crippen LogP) is 7.56. The molecule has 10 rings (SSSR count). The fraction of sp³-hybridized carbons (Fsp3) is 0.425. The van der Waals surface area contributed by atoms with E-state index in [2.05, 4.69) is 36.1 Å². The number of likely N-dealkylation sites (tertiary alicyclic amines) is 1. The first-order valence-corrected chi connectivity index (χ1v) is 21.3. The predicted molar refractivity (Wildman–Crippen MR) is 218 cm³/mol. The molecule has 2 amide bonds. The summed E-state index contributed by atoms with van der Waals surface area (Å²) in [5.41, 5.74) is 2.72. The van der Waals surface area contributed by atoms with Gasteiger partial charge < -0.3 is 5.32 Å². The number of carbonyl (C=O) groups excluding carboxylic acids is 3. The van der Waals surface area contributed by atoms with E-state index >= 15 is 0 Å². The van der Waals surface area contributed by atoms with Crippen LogP contribution in [0.3, 0.4) is 0 Å². The van der Waals surface area contributed by atoms with Gasteiger partial charge in [0.2, 0.25) is 23.7 Å². The molecule has 2 aliphatic carbocycles. The Morgan fingerprint density at radius 3 is 1.67 bits per heavy atom. The maximum Gasteiger partial charge on any atom is 0.250 e. The molecule has 2 aliphatic heterocycles. The van der Waals surface area contributed by atoms with Crippen molar-refractivity contribution in [3.8, 4) is 21.1 Å². The lowest BCUT2D eigenvalue weighted by Crippen LogP contribution is -2.38. The second-order valence-corrected chi connectivity index (χ2v) is 17.5. The quantitative estimate of drug-likeness (QED) is 0.0988. The number of aldehydes is 1. The van der Waals surface area contributed by atoms with Crippen LogP contribution in [0.5, 0.6) is 0 Å². The van der Waals surface area contributed by atoms with E-state index in [1.165, 1.54) is 11.3 Å². The summed E-state index contributed by atoms with van der Waals surface area (Å²) in [5.74, 6) is -6.62. The number of thiophene rings is 2. The Morgan fingerprint density at radius 2 is 1.21 bits per heavy atom. The number of pyridine rings is 2. The molecule has 2 saturated heterocycles. The van der Waals surface area contributed by atoms with Crippen LogP contribution in [-0.4, -0.2) is 103 Å². The molecule has 0 unspecified atom stereocenters. The Bertz CT molecular complexity index is 2520. The van der Waals surface area contributed by atoms with Crippen LogP contribution in [0.15, 0.2) is 60.7 Å². The smallest absolute Gasteiger partial charge is 0.250 e. The zero-order valence-electron chi connectivity index (χ0n) is 32.4. The van der Waals surface area contributed by atoms with Crippen LogP contribution in [0.1, 0.15) is 53.1 Å². The first-order chi connectivity index (χ1) is 29.2. The zero-order valence-corrected chi connectivity index (χ0v) is 34.0. The molecule has 61 heavy (non-hydrogen) atoms. The Morgan fingerprint density at radius 1 is 0.721 bits per heavy atom. The number of hydrogen-bond acceptors (Lipinski definition) is 11. The number of hydrogen-bond donors (Lipinski definition) is 3. The van der Waals surface area contributed by atoms with Gasteiger partial charge in [0.25, 0.3) is 11.8 Å². The molecule has 3 N–H and O–H groups in total. The summed E-state index contributed by atoms with van der Waals surface area (Å²) in [6, 6.07) is 18.5. The Kier molecular flexibility index (Phi) is 12.3. The standard InChI is InChI=1S/C20H20F3N5OS.C15H11FN4O2S.C5H9F2N/c21-14-10-13(14)18(29)25-19-24-17-3-1-2-15(28(17)26-19)16-5-4-12(30-16)11-27-8-6-20(22,23)7-9-27;16-10-6-9(10)14(22)18-15-17-13-3-1-2-11(20(13)19-15)12-5-4-8(7-21)23-12;6-5(7)1-3-8-4-2-5/h1-5,13-14H,6-11H2,(H,25,26,29);1-5,7,9-10H,6H2,(H,18,19,22);8H,1-4H2/t13-,14-;9-,10-;/m00./s1. The fourth-order valence-electron chi connectivity index (χ4n) is 6.77. The zero-order chi connectivity index (χ0) is 42.9. The molecule has 6 aromatic heterocycles. The number of piperidine rings is 2. The van der Waals surface area contributed by atoms with Gasteiger partial charge in [0.1, 0.15) is 12.3 Å². The van der Waals surface area contributed by atoms with Gasteiger partial charge in [0.15, 0.2) is 17.6 Å². The highest BCUT2D eigenvalue weighted by Gasteiger charge is 2.45. The summed E-state index contributed by atoms with van der Waals surface area (Å²) < 4.78 is 80.3. The molecule has 322 valence electrons. The monoisotopic (exact) mass is 886 g/mol. The summed E-state index contributed by atoms with van der Waals surface area (Å²) in [5, 5.41) is 16.6. The fourth-order valence-corrected chi connectivity index (χ4v) is 8.67. The number of aromatic nitrogens is 6. The first kappa shape index (κ1) is 42.4. The number of nitrogens with one attached hydrogen (secondary N) is 3. The van der Waals surface area contributed by atoms with Crippen molar-refractivity contribution in [2.75, 3.05) is 36.8 Å². The normalized spacial score (nSPS) is 22.7. The van der Waals surface area contributed by atoms with Crippen LogP contribution in [0.4, 0.5) is 38.2 Å². The van der Waals surface area contributed by atoms with Crippen LogP contribution in [0.2, 0.25) is 0 Å². The third-order valence-electron chi connectivity index (χ3n) is 10.5. The van der Waals surface area contributed by atoms with E-state index in [1.54, 1.807) is 38.6 Å². The van der Waals surface area contributed by atoms with Gasteiger partial charge in [-0.3, -0.25) is 29.9 Å². The van der Waals surface area contributed by atoms with Crippen molar-refractivity contribution in [3.63, 3.8) is 0 Å². The summed E-state index contributed by atoms with van der Waals surface area (Å²) >= 11 is 2.92. The number of rotatable bonds is 9. The van der Waals surface area contributed by atoms with Crippen molar-refractivity contribution in [3.05, 3.63) is 70.4 Å². The molecule has 8 heterocycles. The lowest BCUT2D eigenvalue weighted by atomic mass is 10.1. The number of carbonyl (C=O) groups is 3. The Hall–Kier alpha value is -5.25. The van der Waals surface area contributed by atoms with Crippen molar-refractivity contribution in [1.82, 2.24) is 39.4 Å². The first-order valence-electron chi connectivity index (χ1n) is 19.7. The molecule has 21 heteroatoms. The largest absolute Gasteiger partial charge is 0.316 e. The number of nitrogens with zero attached hydrogens (tertiary/aromatic N) is 7. The van der Waals surface area contributed by atoms with E-state index < -0.39 is 47.8 Å². The van der Waals surface area contributed by atoms with Gasteiger partial charge in [-0.1, -0.05) is 12.1 Å². The van der Waals surface area contributed by atoms with Crippen molar-refractivity contribution in [2.45, 2.75) is 69.3 Å². The number of alkyl halides is 6. The number of amides is 2. The molecule has 4 aliphatic rings. The average molecular weight is 887 g/mol. The lowest BCUT2D eigenvalue weighted by molar-refractivity contribution is -0.118. The van der Waals surface area contributed by atoms with Gasteiger partial charge in [-0.2, -0.15) is 9.97 Å². The minimum atomic E-state index is -2.54. The van der Waals surface area contributed by atoms with Crippen LogP contribution >= 0.6 is 22.7 Å². The number of fused-ring (bicyclic) bond motifs is 2. The third-order valence-corrected chi connectivity index (χ3v) is 12.6. The van der Waals surface area contributed by atoms with Gasteiger partial charge in [-0.25, -0.2) is 35.4 Å². The number of anilines is 2. The Balaban J connectivity index is 0.000000146. The molecule has 0 spiro atoms. The molecule has 0 bridgehead atoms. The van der Waals surface area contributed by atoms with Crippen molar-refractivity contribution in [1.29, 1.82) is 0 Å². The van der Waals surface area contributed by atoms with Crippen LogP contribution in [0.25, 0.3) is 32.4 Å². The minimum absolute atomic E-state index is 0.00694. The molecule has 4 atom stereocenters. The average Bonchev–Trinajstić information content (AvgIpc) is 3.74. The topological polar surface area (TPSA) is 151 Å². The maximum absolute atomic E-state index is 13.4. The summed E-state index contributed by atoms with van der Waals surface area (Å²) in [7, 11) is 0. The minimum Gasteiger partial charge on any atom is -0.316 e. The summed E-state index contributed by atoms with van der Waals surface area (Å²) in [6.45, 7) is 2.35. The molecule has 0 radical (unpaired) electrons. The van der Waals surface area contributed by atoms with Gasteiger partial charge in [0, 0.05) is 63.3 Å². The van der Waals surface area contributed by atoms with Gasteiger partial charge >= 0.3 is 0 Å². The molecule has 2 saturated carbocycles.